The Bertz CT molecular complexity index is 478. The molecule has 0 bridgehead atoms. The van der Waals surface area contributed by atoms with E-state index in [0.29, 0.717) is 5.56 Å². The summed E-state index contributed by atoms with van der Waals surface area (Å²) in [5.74, 6) is -0.683. The van der Waals surface area contributed by atoms with Gasteiger partial charge in [-0.25, -0.2) is 17.5 Å². The van der Waals surface area contributed by atoms with Crippen LogP contribution < -0.4 is 4.72 Å². The fourth-order valence-electron chi connectivity index (χ4n) is 1.17. The minimum atomic E-state index is -3.41. The second kappa shape index (κ2) is 6.30. The lowest BCUT2D eigenvalue weighted by Gasteiger charge is -2.06. The molecule has 1 aromatic carbocycles. The first-order valence-electron chi connectivity index (χ1n) is 4.97. The molecule has 17 heavy (non-hydrogen) atoms. The molecule has 0 aromatic heterocycles. The van der Waals surface area contributed by atoms with Crippen molar-refractivity contribution in [2.75, 3.05) is 12.4 Å². The fourth-order valence-corrected chi connectivity index (χ4v) is 2.41. The Labute approximate surface area is 104 Å². The number of aliphatic hydroxyl groups excluding tert-OH is 1. The minimum Gasteiger partial charge on any atom is -0.396 e. The predicted octanol–water partition coefficient (Wildman–Crippen LogP) is 1.28. The maximum atomic E-state index is 12.8. The van der Waals surface area contributed by atoms with Crippen LogP contribution in [0.3, 0.4) is 0 Å². The van der Waals surface area contributed by atoms with Crippen molar-refractivity contribution in [3.63, 3.8) is 0 Å². The Morgan fingerprint density at radius 1 is 1.41 bits per heavy atom. The van der Waals surface area contributed by atoms with Gasteiger partial charge in [0.25, 0.3) is 0 Å². The van der Waals surface area contributed by atoms with E-state index in [0.717, 1.165) is 0 Å². The van der Waals surface area contributed by atoms with Gasteiger partial charge in [0.1, 0.15) is 5.82 Å². The maximum absolute atomic E-state index is 12.8. The van der Waals surface area contributed by atoms with E-state index in [2.05, 4.69) is 4.72 Å². The molecule has 0 atom stereocenters. The predicted molar refractivity (Wildman–Crippen MR) is 63.7 cm³/mol. The smallest absolute Gasteiger partial charge is 0.211 e. The third-order valence-electron chi connectivity index (χ3n) is 2.05. The van der Waals surface area contributed by atoms with Gasteiger partial charge in [-0.2, -0.15) is 0 Å². The molecular weight excluding hydrogens is 269 g/mol. The number of halogens is 2. The molecule has 96 valence electrons. The van der Waals surface area contributed by atoms with Crippen LogP contribution >= 0.6 is 11.6 Å². The molecule has 1 rings (SSSR count). The van der Waals surface area contributed by atoms with E-state index < -0.39 is 15.8 Å². The number of hydrogen-bond donors (Lipinski definition) is 2. The van der Waals surface area contributed by atoms with Crippen LogP contribution in [0.4, 0.5) is 4.39 Å². The standard InChI is InChI=1S/C10H13ClFNO3S/c11-9-6-8(2-3-10(9)12)7-13-17(15,16)5-1-4-14/h2-3,6,13-14H,1,4-5,7H2. The Hall–Kier alpha value is -0.690. The molecule has 0 aliphatic carbocycles. The van der Waals surface area contributed by atoms with Crippen molar-refractivity contribution in [1.29, 1.82) is 0 Å². The van der Waals surface area contributed by atoms with E-state index in [4.69, 9.17) is 16.7 Å². The number of sulfonamides is 1. The van der Waals surface area contributed by atoms with E-state index >= 15 is 0 Å². The molecule has 2 N–H and O–H groups in total. The van der Waals surface area contributed by atoms with Gasteiger partial charge < -0.3 is 5.11 Å². The van der Waals surface area contributed by atoms with E-state index in [1.54, 1.807) is 0 Å². The lowest BCUT2D eigenvalue weighted by molar-refractivity contribution is 0.295. The van der Waals surface area contributed by atoms with Crippen LogP contribution in [0, 0.1) is 5.82 Å². The molecular formula is C10H13ClFNO3S. The number of nitrogens with one attached hydrogen (secondary N) is 1. The monoisotopic (exact) mass is 281 g/mol. The van der Waals surface area contributed by atoms with Crippen LogP contribution in [-0.4, -0.2) is 25.9 Å². The zero-order valence-corrected chi connectivity index (χ0v) is 10.6. The van der Waals surface area contributed by atoms with Crippen molar-refractivity contribution in [2.45, 2.75) is 13.0 Å². The van der Waals surface area contributed by atoms with Gasteiger partial charge in [0, 0.05) is 13.2 Å². The highest BCUT2D eigenvalue weighted by atomic mass is 35.5. The molecule has 0 amide bonds. The van der Waals surface area contributed by atoms with Crippen molar-refractivity contribution in [3.8, 4) is 0 Å². The molecule has 0 radical (unpaired) electrons. The lowest BCUT2D eigenvalue weighted by atomic mass is 10.2. The zero-order valence-electron chi connectivity index (χ0n) is 8.99. The van der Waals surface area contributed by atoms with E-state index in [-0.39, 0.29) is 30.3 Å². The number of rotatable bonds is 6. The highest BCUT2D eigenvalue weighted by Gasteiger charge is 2.09. The van der Waals surface area contributed by atoms with E-state index in [1.807, 2.05) is 0 Å². The molecule has 0 aliphatic rings. The van der Waals surface area contributed by atoms with Crippen molar-refractivity contribution in [3.05, 3.63) is 34.6 Å². The van der Waals surface area contributed by atoms with E-state index in [9.17, 15) is 12.8 Å². The summed E-state index contributed by atoms with van der Waals surface area (Å²) in [6.45, 7) is -0.128. The van der Waals surface area contributed by atoms with Gasteiger partial charge in [-0.15, -0.1) is 0 Å². The van der Waals surface area contributed by atoms with Crippen LogP contribution in [0.25, 0.3) is 0 Å². The molecule has 1 aromatic rings. The summed E-state index contributed by atoms with van der Waals surface area (Å²) in [4.78, 5) is 0. The molecule has 7 heteroatoms. The largest absolute Gasteiger partial charge is 0.396 e. The summed E-state index contributed by atoms with van der Waals surface area (Å²) in [5, 5.41) is 8.49. The topological polar surface area (TPSA) is 66.4 Å². The van der Waals surface area contributed by atoms with Crippen molar-refractivity contribution >= 4 is 21.6 Å². The van der Waals surface area contributed by atoms with Gasteiger partial charge in [-0.1, -0.05) is 17.7 Å². The maximum Gasteiger partial charge on any atom is 0.211 e. The number of benzene rings is 1. The van der Waals surface area contributed by atoms with Gasteiger partial charge in [0.05, 0.1) is 10.8 Å². The first kappa shape index (κ1) is 14.4. The van der Waals surface area contributed by atoms with Crippen LogP contribution in [-0.2, 0) is 16.6 Å². The van der Waals surface area contributed by atoms with Gasteiger partial charge in [0.2, 0.25) is 10.0 Å². The van der Waals surface area contributed by atoms with Crippen molar-refractivity contribution in [2.24, 2.45) is 0 Å². The normalized spacial score (nSPS) is 11.7. The summed E-state index contributed by atoms with van der Waals surface area (Å²) < 4.78 is 37.9. The Morgan fingerprint density at radius 2 is 2.12 bits per heavy atom. The first-order valence-corrected chi connectivity index (χ1v) is 7.00. The molecule has 0 saturated carbocycles. The van der Waals surface area contributed by atoms with Crippen LogP contribution in [0.15, 0.2) is 18.2 Å². The van der Waals surface area contributed by atoms with Crippen molar-refractivity contribution < 1.29 is 17.9 Å². The van der Waals surface area contributed by atoms with Crippen molar-refractivity contribution in [1.82, 2.24) is 4.72 Å². The Kier molecular flexibility index (Phi) is 5.32. The first-order chi connectivity index (χ1) is 7.94. The lowest BCUT2D eigenvalue weighted by Crippen LogP contribution is -2.26. The highest BCUT2D eigenvalue weighted by molar-refractivity contribution is 7.89. The summed E-state index contributed by atoms with van der Waals surface area (Å²) in [6, 6.07) is 4.00. The van der Waals surface area contributed by atoms with Gasteiger partial charge in [-0.05, 0) is 24.1 Å². The highest BCUT2D eigenvalue weighted by Crippen LogP contribution is 2.15. The quantitative estimate of drug-likeness (QED) is 0.825. The molecule has 0 aliphatic heterocycles. The molecule has 0 fully saturated rings. The number of hydrogen-bond acceptors (Lipinski definition) is 3. The summed E-state index contributed by atoms with van der Waals surface area (Å²) in [6.07, 6.45) is 0.180. The molecule has 0 spiro atoms. The van der Waals surface area contributed by atoms with Gasteiger partial charge in [-0.3, -0.25) is 0 Å². The van der Waals surface area contributed by atoms with Gasteiger partial charge >= 0.3 is 0 Å². The third kappa shape index (κ3) is 4.99. The second-order valence-corrected chi connectivity index (χ2v) is 5.80. The average Bonchev–Trinajstić information content (AvgIpc) is 2.28. The van der Waals surface area contributed by atoms with Crippen LogP contribution in [0.1, 0.15) is 12.0 Å². The minimum absolute atomic E-state index is 0.0444. The molecule has 0 heterocycles. The third-order valence-corrected chi connectivity index (χ3v) is 3.75. The van der Waals surface area contributed by atoms with Gasteiger partial charge in [0.15, 0.2) is 0 Å². The Morgan fingerprint density at radius 3 is 2.71 bits per heavy atom. The summed E-state index contributed by atoms with van der Waals surface area (Å²) in [7, 11) is -3.41. The summed E-state index contributed by atoms with van der Waals surface area (Å²) in [5.41, 5.74) is 0.573. The molecule has 0 unspecified atom stereocenters. The zero-order chi connectivity index (χ0) is 12.9. The SMILES string of the molecule is O=S(=O)(CCCO)NCc1ccc(F)c(Cl)c1. The Balaban J connectivity index is 2.58. The van der Waals surface area contributed by atoms with E-state index in [1.165, 1.54) is 18.2 Å². The average molecular weight is 282 g/mol. The molecule has 0 saturated heterocycles. The van der Waals surface area contributed by atoms with Crippen LogP contribution in [0.2, 0.25) is 5.02 Å². The second-order valence-electron chi connectivity index (χ2n) is 3.47. The van der Waals surface area contributed by atoms with Crippen LogP contribution in [0.5, 0.6) is 0 Å². The fraction of sp³-hybridized carbons (Fsp3) is 0.400. The number of aliphatic hydroxyl groups is 1. The molecule has 4 nitrogen and oxygen atoms in total. The summed E-state index contributed by atoms with van der Waals surface area (Å²) >= 11 is 5.56.